The zero-order valence-electron chi connectivity index (χ0n) is 15.8. The van der Waals surface area contributed by atoms with Crippen LogP contribution in [0.15, 0.2) is 6.07 Å². The molecule has 3 nitrogen and oxygen atoms in total. The van der Waals surface area contributed by atoms with Crippen molar-refractivity contribution >= 4 is 8.07 Å². The van der Waals surface area contributed by atoms with Gasteiger partial charge >= 0.3 is 6.18 Å². The Morgan fingerprint density at radius 1 is 0.808 bits per heavy atom. The van der Waals surface area contributed by atoms with E-state index in [0.29, 0.717) is 12.1 Å². The van der Waals surface area contributed by atoms with Gasteiger partial charge in [0.2, 0.25) is 5.75 Å². The van der Waals surface area contributed by atoms with Crippen LogP contribution in [0.25, 0.3) is 0 Å². The minimum Gasteiger partial charge on any atom is -0.492 e. The normalized spacial score (nSPS) is 12.9. The number of methoxy groups -OCH3 is 3. The maximum atomic E-state index is 14.8. The fourth-order valence-electron chi connectivity index (χ4n) is 2.67. The average molecular weight is 400 g/mol. The number of hydrogen-bond acceptors (Lipinski definition) is 3. The summed E-state index contributed by atoms with van der Waals surface area (Å²) in [6.45, 7) is 6.14. The van der Waals surface area contributed by atoms with E-state index in [4.69, 9.17) is 14.2 Å². The second-order valence-electron chi connectivity index (χ2n) is 7.19. The lowest BCUT2D eigenvalue weighted by molar-refractivity contribution is -0.139. The maximum Gasteiger partial charge on any atom is 0.420 e. The van der Waals surface area contributed by atoms with Crippen LogP contribution in [0.1, 0.15) is 24.0 Å². The fourth-order valence-corrected chi connectivity index (χ4v) is 3.91. The van der Waals surface area contributed by atoms with Gasteiger partial charge < -0.3 is 14.2 Å². The minimum atomic E-state index is -4.88. The van der Waals surface area contributed by atoms with Gasteiger partial charge in [-0.05, 0) is 12.5 Å². The number of ether oxygens (including phenoxy) is 3. The second kappa shape index (κ2) is 8.02. The Morgan fingerprint density at radius 3 is 1.65 bits per heavy atom. The summed E-state index contributed by atoms with van der Waals surface area (Å²) in [5.41, 5.74) is -2.17. The Balaban J connectivity index is 3.49. The highest BCUT2D eigenvalue weighted by Crippen LogP contribution is 2.52. The van der Waals surface area contributed by atoms with Gasteiger partial charge in [0, 0.05) is 14.5 Å². The van der Waals surface area contributed by atoms with Crippen LogP contribution in [0.3, 0.4) is 0 Å². The molecule has 1 aromatic rings. The summed E-state index contributed by atoms with van der Waals surface area (Å²) < 4.78 is 84.2. The molecule has 1 rings (SSSR count). The molecule has 0 aliphatic carbocycles. The molecule has 26 heavy (non-hydrogen) atoms. The molecule has 0 radical (unpaired) electrons. The molecule has 1 aromatic carbocycles. The molecule has 0 heterocycles. The van der Waals surface area contributed by atoms with Crippen LogP contribution in [0.4, 0.5) is 22.0 Å². The molecule has 0 unspecified atom stereocenters. The highest BCUT2D eigenvalue weighted by Gasteiger charge is 2.43. The predicted octanol–water partition coefficient (Wildman–Crippen LogP) is 5.94. The molecular formula is C17H25F5O3Si. The van der Waals surface area contributed by atoms with Crippen molar-refractivity contribution in [2.45, 2.75) is 50.6 Å². The molecule has 0 aliphatic rings. The third-order valence-corrected chi connectivity index (χ3v) is 5.77. The van der Waals surface area contributed by atoms with Gasteiger partial charge in [-0.3, -0.25) is 0 Å². The highest BCUT2D eigenvalue weighted by atomic mass is 28.3. The first kappa shape index (κ1) is 22.5. The topological polar surface area (TPSA) is 27.7 Å². The van der Waals surface area contributed by atoms with E-state index in [-0.39, 0.29) is 6.42 Å². The van der Waals surface area contributed by atoms with Crippen LogP contribution in [0.5, 0.6) is 17.2 Å². The van der Waals surface area contributed by atoms with Crippen LogP contribution in [0, 0.1) is 0 Å². The second-order valence-corrected chi connectivity index (χ2v) is 12.8. The molecule has 0 aliphatic heterocycles. The highest BCUT2D eigenvalue weighted by molar-refractivity contribution is 6.76. The van der Waals surface area contributed by atoms with E-state index >= 15 is 0 Å². The minimum absolute atomic E-state index is 0.210. The van der Waals surface area contributed by atoms with Crippen LogP contribution < -0.4 is 14.2 Å². The first-order valence-corrected chi connectivity index (χ1v) is 11.8. The number of alkyl halides is 5. The number of halogens is 5. The molecule has 0 N–H and O–H groups in total. The Labute approximate surface area is 151 Å². The molecule has 0 saturated heterocycles. The number of rotatable bonds is 8. The van der Waals surface area contributed by atoms with Crippen molar-refractivity contribution in [2.24, 2.45) is 0 Å². The Hall–Kier alpha value is -1.51. The Kier molecular flexibility index (Phi) is 6.95. The van der Waals surface area contributed by atoms with Gasteiger partial charge in [-0.2, -0.15) is 13.2 Å². The number of hydrogen-bond donors (Lipinski definition) is 0. The zero-order valence-corrected chi connectivity index (χ0v) is 16.8. The molecule has 0 saturated carbocycles. The fraction of sp³-hybridized carbons (Fsp3) is 0.647. The third kappa shape index (κ3) is 5.25. The monoisotopic (exact) mass is 400 g/mol. The molecule has 0 amide bonds. The molecule has 0 bridgehead atoms. The van der Waals surface area contributed by atoms with Crippen molar-refractivity contribution in [1.29, 1.82) is 0 Å². The van der Waals surface area contributed by atoms with Crippen molar-refractivity contribution in [3.8, 4) is 17.2 Å². The summed E-state index contributed by atoms with van der Waals surface area (Å²) in [5, 5.41) is 0. The standard InChI is InChI=1S/C17H25F5O3Si/c1-23-13-11(16(18,19)8-7-9-26(4,5)6)10-12(17(20,21)22)14(24-2)15(13)25-3/h10H,7-9H2,1-6H3. The van der Waals surface area contributed by atoms with E-state index in [2.05, 4.69) is 0 Å². The SMILES string of the molecule is COc1c(C(F)(F)F)cc(C(F)(F)CCC[Si](C)(C)C)c(OC)c1OC. The smallest absolute Gasteiger partial charge is 0.420 e. The lowest BCUT2D eigenvalue weighted by atomic mass is 9.98. The first-order valence-electron chi connectivity index (χ1n) is 8.07. The summed E-state index contributed by atoms with van der Waals surface area (Å²) in [5.74, 6) is -5.12. The lowest BCUT2D eigenvalue weighted by Crippen LogP contribution is -2.22. The third-order valence-electron chi connectivity index (χ3n) is 3.92. The van der Waals surface area contributed by atoms with Crippen molar-refractivity contribution in [2.75, 3.05) is 21.3 Å². The van der Waals surface area contributed by atoms with Crippen molar-refractivity contribution in [3.63, 3.8) is 0 Å². The van der Waals surface area contributed by atoms with Crippen LogP contribution >= 0.6 is 0 Å². The summed E-state index contributed by atoms with van der Waals surface area (Å²) in [6, 6.07) is 1.04. The van der Waals surface area contributed by atoms with Gasteiger partial charge in [-0.15, -0.1) is 0 Å². The Morgan fingerprint density at radius 2 is 1.27 bits per heavy atom. The summed E-state index contributed by atoms with van der Waals surface area (Å²) in [7, 11) is 1.65. The van der Waals surface area contributed by atoms with Crippen LogP contribution in [0.2, 0.25) is 25.7 Å². The summed E-state index contributed by atoms with van der Waals surface area (Å²) in [6.07, 6.45) is -5.24. The van der Waals surface area contributed by atoms with E-state index in [9.17, 15) is 22.0 Å². The van der Waals surface area contributed by atoms with Crippen molar-refractivity contribution in [1.82, 2.24) is 0 Å². The summed E-state index contributed by atoms with van der Waals surface area (Å²) in [4.78, 5) is 0. The molecule has 0 spiro atoms. The lowest BCUT2D eigenvalue weighted by Gasteiger charge is -2.25. The number of benzene rings is 1. The van der Waals surface area contributed by atoms with E-state index < -0.39 is 55.0 Å². The van der Waals surface area contributed by atoms with Gasteiger partial charge in [0.15, 0.2) is 11.5 Å². The molecule has 9 heteroatoms. The molecule has 0 fully saturated rings. The van der Waals surface area contributed by atoms with Gasteiger partial charge in [-0.25, -0.2) is 8.78 Å². The molecule has 150 valence electrons. The summed E-state index contributed by atoms with van der Waals surface area (Å²) >= 11 is 0. The predicted molar refractivity (Wildman–Crippen MR) is 92.4 cm³/mol. The maximum absolute atomic E-state index is 14.8. The van der Waals surface area contributed by atoms with E-state index in [1.165, 1.54) is 0 Å². The Bertz CT molecular complexity index is 624. The largest absolute Gasteiger partial charge is 0.492 e. The van der Waals surface area contributed by atoms with Gasteiger partial charge in [0.25, 0.3) is 5.92 Å². The molecule has 0 aromatic heterocycles. The van der Waals surface area contributed by atoms with E-state index in [1.807, 2.05) is 19.6 Å². The van der Waals surface area contributed by atoms with Crippen molar-refractivity contribution in [3.05, 3.63) is 17.2 Å². The van der Waals surface area contributed by atoms with Crippen LogP contribution in [-0.4, -0.2) is 29.4 Å². The van der Waals surface area contributed by atoms with E-state index in [0.717, 1.165) is 21.3 Å². The molecule has 0 atom stereocenters. The molecular weight excluding hydrogens is 375 g/mol. The van der Waals surface area contributed by atoms with Gasteiger partial charge in [0.1, 0.15) is 5.56 Å². The first-order chi connectivity index (χ1) is 11.8. The van der Waals surface area contributed by atoms with Crippen LogP contribution in [-0.2, 0) is 12.1 Å². The zero-order chi connectivity index (χ0) is 20.3. The van der Waals surface area contributed by atoms with Crippen molar-refractivity contribution < 1.29 is 36.2 Å². The van der Waals surface area contributed by atoms with Gasteiger partial charge in [0.05, 0.1) is 26.9 Å². The average Bonchev–Trinajstić information content (AvgIpc) is 2.49. The quantitative estimate of drug-likeness (QED) is 0.399. The van der Waals surface area contributed by atoms with E-state index in [1.54, 1.807) is 0 Å². The van der Waals surface area contributed by atoms with Gasteiger partial charge in [-0.1, -0.05) is 25.7 Å².